The van der Waals surface area contributed by atoms with E-state index in [2.05, 4.69) is 53.8 Å². The van der Waals surface area contributed by atoms with Gasteiger partial charge in [-0.25, -0.2) is 4.79 Å². The number of rotatable bonds is 6. The Bertz CT molecular complexity index is 1200. The fourth-order valence-electron chi connectivity index (χ4n) is 4.31. The molecule has 3 aromatic rings. The molecule has 0 spiro atoms. The Morgan fingerprint density at radius 3 is 2.55 bits per heavy atom. The van der Waals surface area contributed by atoms with Gasteiger partial charge in [0.2, 0.25) is 5.95 Å². The monoisotopic (exact) mass is 424 g/mol. The van der Waals surface area contributed by atoms with Crippen LogP contribution in [0.25, 0.3) is 11.2 Å². The first-order valence-corrected chi connectivity index (χ1v) is 11.1. The third-order valence-electron chi connectivity index (χ3n) is 6.30. The average Bonchev–Trinajstić information content (AvgIpc) is 3.13. The van der Waals surface area contributed by atoms with E-state index in [0.29, 0.717) is 17.7 Å². The topological polar surface area (TPSA) is 79.2 Å². The fourth-order valence-corrected chi connectivity index (χ4v) is 4.31. The molecule has 0 atom stereocenters. The van der Waals surface area contributed by atoms with Crippen molar-refractivity contribution < 1.29 is 0 Å². The number of imidazole rings is 1. The van der Waals surface area contributed by atoms with Crippen molar-refractivity contribution in [2.45, 2.75) is 40.2 Å². The van der Waals surface area contributed by atoms with Crippen LogP contribution in [-0.4, -0.2) is 56.7 Å². The lowest BCUT2D eigenvalue weighted by Crippen LogP contribution is -2.47. The van der Waals surface area contributed by atoms with Crippen molar-refractivity contribution in [1.82, 2.24) is 24.0 Å². The Balaban J connectivity index is 1.78. The van der Waals surface area contributed by atoms with Crippen molar-refractivity contribution in [3.05, 3.63) is 55.7 Å². The third kappa shape index (κ3) is 4.17. The molecule has 1 N–H and O–H groups in total. The highest BCUT2D eigenvalue weighted by atomic mass is 16.2. The van der Waals surface area contributed by atoms with Crippen molar-refractivity contribution in [2.24, 2.45) is 7.05 Å². The number of aromatic amines is 1. The number of benzene rings is 1. The highest BCUT2D eigenvalue weighted by molar-refractivity contribution is 5.74. The lowest BCUT2D eigenvalue weighted by Gasteiger charge is -2.35. The van der Waals surface area contributed by atoms with E-state index in [0.717, 1.165) is 44.2 Å². The zero-order valence-corrected chi connectivity index (χ0v) is 18.9. The summed E-state index contributed by atoms with van der Waals surface area (Å²) in [6.45, 7) is 11.7. The first-order chi connectivity index (χ1) is 14.9. The molecule has 3 heterocycles. The predicted octanol–water partition coefficient (Wildman–Crippen LogP) is 2.01. The maximum atomic E-state index is 12.8. The molecule has 1 aliphatic heterocycles. The van der Waals surface area contributed by atoms with E-state index in [-0.39, 0.29) is 5.56 Å². The van der Waals surface area contributed by atoms with E-state index >= 15 is 0 Å². The van der Waals surface area contributed by atoms with Crippen LogP contribution in [0.5, 0.6) is 0 Å². The quantitative estimate of drug-likeness (QED) is 0.655. The van der Waals surface area contributed by atoms with Crippen molar-refractivity contribution in [1.29, 1.82) is 0 Å². The lowest BCUT2D eigenvalue weighted by atomic mass is 10.1. The number of unbranched alkanes of at least 4 members (excludes halogenated alkanes) is 1. The molecule has 166 valence electrons. The van der Waals surface area contributed by atoms with Gasteiger partial charge in [-0.1, -0.05) is 37.1 Å². The lowest BCUT2D eigenvalue weighted by molar-refractivity contribution is 0.252. The fraction of sp³-hybridized carbons (Fsp3) is 0.522. The Hall–Kier alpha value is -2.87. The van der Waals surface area contributed by atoms with Crippen LogP contribution >= 0.6 is 0 Å². The number of hydrogen-bond donors (Lipinski definition) is 1. The molecule has 8 heteroatoms. The van der Waals surface area contributed by atoms with Gasteiger partial charge in [-0.2, -0.15) is 4.98 Å². The number of aromatic nitrogens is 4. The molecule has 2 aromatic heterocycles. The second-order valence-corrected chi connectivity index (χ2v) is 8.60. The molecule has 1 aliphatic rings. The highest BCUT2D eigenvalue weighted by Crippen LogP contribution is 2.24. The van der Waals surface area contributed by atoms with E-state index < -0.39 is 5.69 Å². The van der Waals surface area contributed by atoms with Gasteiger partial charge in [0, 0.05) is 33.2 Å². The van der Waals surface area contributed by atoms with E-state index in [1.807, 2.05) is 4.57 Å². The molecule has 1 saturated heterocycles. The van der Waals surface area contributed by atoms with Crippen molar-refractivity contribution in [2.75, 3.05) is 37.6 Å². The first-order valence-electron chi connectivity index (χ1n) is 11.1. The standard InChI is InChI=1S/C23H32N6O2/c1-5-6-9-27-10-12-28(13-11-27)22-24-20-19(21(30)25-23(31)26(20)4)29(22)15-18-14-16(2)7-8-17(18)3/h7-8,14H,5-6,9-13,15H2,1-4H3,(H,25,30,31). The minimum Gasteiger partial charge on any atom is -0.340 e. The zero-order valence-electron chi connectivity index (χ0n) is 18.9. The highest BCUT2D eigenvalue weighted by Gasteiger charge is 2.25. The molecule has 0 bridgehead atoms. The van der Waals surface area contributed by atoms with Crippen molar-refractivity contribution in [3.8, 4) is 0 Å². The number of nitrogens with zero attached hydrogens (tertiary/aromatic N) is 5. The smallest absolute Gasteiger partial charge is 0.329 e. The Morgan fingerprint density at radius 1 is 1.10 bits per heavy atom. The minimum atomic E-state index is -0.440. The van der Waals surface area contributed by atoms with Gasteiger partial charge in [-0.3, -0.25) is 23.8 Å². The SMILES string of the molecule is CCCCN1CCN(c2nc3c(c(=O)[nH]c(=O)n3C)n2Cc2cc(C)ccc2C)CC1. The van der Waals surface area contributed by atoms with Gasteiger partial charge in [0.05, 0.1) is 6.54 Å². The van der Waals surface area contributed by atoms with E-state index in [1.165, 1.54) is 28.5 Å². The van der Waals surface area contributed by atoms with Gasteiger partial charge in [0.1, 0.15) is 0 Å². The van der Waals surface area contributed by atoms with Crippen LogP contribution in [0.15, 0.2) is 27.8 Å². The number of hydrogen-bond acceptors (Lipinski definition) is 5. The maximum Gasteiger partial charge on any atom is 0.329 e. The summed E-state index contributed by atoms with van der Waals surface area (Å²) in [6, 6.07) is 6.36. The number of aryl methyl sites for hydroxylation is 3. The summed E-state index contributed by atoms with van der Waals surface area (Å²) in [5.74, 6) is 0.762. The normalized spacial score (nSPS) is 15.2. The molecule has 31 heavy (non-hydrogen) atoms. The summed E-state index contributed by atoms with van der Waals surface area (Å²) in [4.78, 5) is 37.0. The number of H-pyrrole nitrogens is 1. The van der Waals surface area contributed by atoms with Crippen LogP contribution in [0, 0.1) is 13.8 Å². The van der Waals surface area contributed by atoms with E-state index in [1.54, 1.807) is 7.05 Å². The molecule has 0 unspecified atom stereocenters. The van der Waals surface area contributed by atoms with Crippen LogP contribution in [0.3, 0.4) is 0 Å². The van der Waals surface area contributed by atoms with Crippen molar-refractivity contribution in [3.63, 3.8) is 0 Å². The van der Waals surface area contributed by atoms with Crippen LogP contribution in [0.4, 0.5) is 5.95 Å². The average molecular weight is 425 g/mol. The Labute approximate surface area is 182 Å². The summed E-state index contributed by atoms with van der Waals surface area (Å²) in [7, 11) is 1.66. The van der Waals surface area contributed by atoms with Gasteiger partial charge in [-0.05, 0) is 37.9 Å². The molecule has 1 fully saturated rings. The maximum absolute atomic E-state index is 12.8. The van der Waals surface area contributed by atoms with Crippen LogP contribution in [0.2, 0.25) is 0 Å². The number of fused-ring (bicyclic) bond motifs is 1. The van der Waals surface area contributed by atoms with E-state index in [9.17, 15) is 9.59 Å². The zero-order chi connectivity index (χ0) is 22.1. The summed E-state index contributed by atoms with van der Waals surface area (Å²) in [5, 5.41) is 0. The van der Waals surface area contributed by atoms with Gasteiger partial charge in [-0.15, -0.1) is 0 Å². The van der Waals surface area contributed by atoms with Crippen LogP contribution in [0.1, 0.15) is 36.5 Å². The second kappa shape index (κ2) is 8.70. The number of piperazine rings is 1. The van der Waals surface area contributed by atoms with Crippen LogP contribution < -0.4 is 16.1 Å². The Kier molecular flexibility index (Phi) is 6.00. The largest absolute Gasteiger partial charge is 0.340 e. The molecule has 4 rings (SSSR count). The van der Waals surface area contributed by atoms with Gasteiger partial charge in [0.25, 0.3) is 5.56 Å². The molecule has 8 nitrogen and oxygen atoms in total. The molecule has 0 aliphatic carbocycles. The molecular weight excluding hydrogens is 392 g/mol. The van der Waals surface area contributed by atoms with Crippen LogP contribution in [-0.2, 0) is 13.6 Å². The summed E-state index contributed by atoms with van der Waals surface area (Å²) >= 11 is 0. The summed E-state index contributed by atoms with van der Waals surface area (Å²) in [5.41, 5.74) is 3.55. The Morgan fingerprint density at radius 2 is 1.84 bits per heavy atom. The molecular formula is C23H32N6O2. The van der Waals surface area contributed by atoms with Gasteiger partial charge >= 0.3 is 5.69 Å². The molecule has 0 amide bonds. The van der Waals surface area contributed by atoms with E-state index in [4.69, 9.17) is 4.98 Å². The third-order valence-corrected chi connectivity index (χ3v) is 6.30. The molecule has 0 radical (unpaired) electrons. The van der Waals surface area contributed by atoms with Gasteiger partial charge < -0.3 is 4.90 Å². The predicted molar refractivity (Wildman–Crippen MR) is 124 cm³/mol. The molecule has 0 saturated carbocycles. The number of anilines is 1. The first kappa shape index (κ1) is 21.4. The van der Waals surface area contributed by atoms with Gasteiger partial charge in [0.15, 0.2) is 11.2 Å². The second-order valence-electron chi connectivity index (χ2n) is 8.60. The summed E-state index contributed by atoms with van der Waals surface area (Å²) in [6.07, 6.45) is 2.41. The van der Waals surface area contributed by atoms with Crippen molar-refractivity contribution >= 4 is 17.1 Å². The summed E-state index contributed by atoms with van der Waals surface area (Å²) < 4.78 is 3.41. The number of nitrogens with one attached hydrogen (secondary N) is 1. The minimum absolute atomic E-state index is 0.385. The molecule has 1 aromatic carbocycles.